The molecule has 0 bridgehead atoms. The molecule has 0 aliphatic carbocycles. The zero-order valence-electron chi connectivity index (χ0n) is 10.3. The second-order valence-corrected chi connectivity index (χ2v) is 3.97. The number of halogens is 1. The molecule has 6 heteroatoms. The molecule has 0 aliphatic rings. The highest BCUT2D eigenvalue weighted by molar-refractivity contribution is 5.87. The van der Waals surface area contributed by atoms with Crippen molar-refractivity contribution < 1.29 is 14.3 Å². The van der Waals surface area contributed by atoms with E-state index in [4.69, 9.17) is 10.4 Å². The lowest BCUT2D eigenvalue weighted by molar-refractivity contribution is 0.0696. The molecule has 2 rings (SSSR count). The third-order valence-electron chi connectivity index (χ3n) is 2.66. The Bertz CT molecular complexity index is 678. The van der Waals surface area contributed by atoms with Crippen molar-refractivity contribution in [3.8, 4) is 6.07 Å². The highest BCUT2D eigenvalue weighted by Gasteiger charge is 2.08. The van der Waals surface area contributed by atoms with Gasteiger partial charge in [-0.3, -0.25) is 4.98 Å². The van der Waals surface area contributed by atoms with Gasteiger partial charge in [-0.05, 0) is 24.3 Å². The standard InChI is InChI=1S/C14H10FN3O2/c15-12-2-1-3-13(11(12)6-16)18-8-10-5-4-9(7-17-10)14(19)20/h1-5,7,18H,8H2,(H,19,20). The van der Waals surface area contributed by atoms with Gasteiger partial charge in [0.1, 0.15) is 17.4 Å². The van der Waals surface area contributed by atoms with Crippen molar-refractivity contribution in [2.45, 2.75) is 6.54 Å². The molecule has 1 aromatic heterocycles. The Labute approximate surface area is 114 Å². The number of nitriles is 1. The highest BCUT2D eigenvalue weighted by Crippen LogP contribution is 2.18. The number of carbonyl (C=O) groups is 1. The minimum absolute atomic E-state index is 0.0605. The Balaban J connectivity index is 2.11. The number of anilines is 1. The molecule has 0 unspecified atom stereocenters. The first-order valence-corrected chi connectivity index (χ1v) is 5.72. The maximum atomic E-state index is 13.4. The van der Waals surface area contributed by atoms with Gasteiger partial charge < -0.3 is 10.4 Å². The van der Waals surface area contributed by atoms with Crippen molar-refractivity contribution in [2.24, 2.45) is 0 Å². The fraction of sp³-hybridized carbons (Fsp3) is 0.0714. The van der Waals surface area contributed by atoms with Gasteiger partial charge in [0.15, 0.2) is 0 Å². The summed E-state index contributed by atoms with van der Waals surface area (Å²) in [6.07, 6.45) is 1.25. The number of nitrogens with one attached hydrogen (secondary N) is 1. The zero-order chi connectivity index (χ0) is 14.5. The second kappa shape index (κ2) is 5.80. The van der Waals surface area contributed by atoms with Crippen molar-refractivity contribution in [3.63, 3.8) is 0 Å². The third-order valence-corrected chi connectivity index (χ3v) is 2.66. The first-order chi connectivity index (χ1) is 9.61. The number of nitrogens with zero attached hydrogens (tertiary/aromatic N) is 2. The van der Waals surface area contributed by atoms with Gasteiger partial charge in [0, 0.05) is 6.20 Å². The lowest BCUT2D eigenvalue weighted by Gasteiger charge is -2.08. The topological polar surface area (TPSA) is 86.0 Å². The van der Waals surface area contributed by atoms with Crippen LogP contribution in [0.4, 0.5) is 10.1 Å². The normalized spacial score (nSPS) is 9.80. The van der Waals surface area contributed by atoms with E-state index in [1.807, 2.05) is 0 Å². The van der Waals surface area contributed by atoms with Crippen LogP contribution < -0.4 is 5.32 Å². The summed E-state index contributed by atoms with van der Waals surface area (Å²) in [5.74, 6) is -1.64. The van der Waals surface area contributed by atoms with Crippen LogP contribution in [0.1, 0.15) is 21.6 Å². The SMILES string of the molecule is N#Cc1c(F)cccc1NCc1ccc(C(=O)O)cn1. The minimum Gasteiger partial charge on any atom is -0.478 e. The summed E-state index contributed by atoms with van der Waals surface area (Å²) in [6, 6.07) is 9.08. The van der Waals surface area contributed by atoms with Gasteiger partial charge >= 0.3 is 5.97 Å². The van der Waals surface area contributed by atoms with Crippen molar-refractivity contribution in [2.75, 3.05) is 5.32 Å². The van der Waals surface area contributed by atoms with Crippen LogP contribution in [0.25, 0.3) is 0 Å². The first-order valence-electron chi connectivity index (χ1n) is 5.72. The Morgan fingerprint density at radius 2 is 2.20 bits per heavy atom. The summed E-state index contributed by atoms with van der Waals surface area (Å²) in [7, 11) is 0. The molecule has 1 heterocycles. The summed E-state index contributed by atoms with van der Waals surface area (Å²) in [4.78, 5) is 14.7. The molecule has 1 aromatic carbocycles. The van der Waals surface area contributed by atoms with E-state index in [0.29, 0.717) is 11.4 Å². The van der Waals surface area contributed by atoms with Crippen LogP contribution >= 0.6 is 0 Å². The largest absolute Gasteiger partial charge is 0.478 e. The van der Waals surface area contributed by atoms with Crippen molar-refractivity contribution in [3.05, 3.63) is 59.2 Å². The van der Waals surface area contributed by atoms with Gasteiger partial charge in [0.05, 0.1) is 23.5 Å². The van der Waals surface area contributed by atoms with E-state index >= 15 is 0 Å². The van der Waals surface area contributed by atoms with E-state index in [-0.39, 0.29) is 17.7 Å². The van der Waals surface area contributed by atoms with Crippen LogP contribution in [0.5, 0.6) is 0 Å². The smallest absolute Gasteiger partial charge is 0.337 e. The van der Waals surface area contributed by atoms with Gasteiger partial charge in [-0.2, -0.15) is 5.26 Å². The molecule has 5 nitrogen and oxygen atoms in total. The first kappa shape index (κ1) is 13.5. The van der Waals surface area contributed by atoms with Crippen LogP contribution in [0, 0.1) is 17.1 Å². The van der Waals surface area contributed by atoms with Crippen LogP contribution in [-0.2, 0) is 6.54 Å². The van der Waals surface area contributed by atoms with Crippen LogP contribution in [0.2, 0.25) is 0 Å². The molecule has 2 N–H and O–H groups in total. The fourth-order valence-electron chi connectivity index (χ4n) is 1.63. The van der Waals surface area contributed by atoms with Gasteiger partial charge in [-0.25, -0.2) is 9.18 Å². The molecule has 0 saturated heterocycles. The molecule has 0 fully saturated rings. The quantitative estimate of drug-likeness (QED) is 0.891. The lowest BCUT2D eigenvalue weighted by Crippen LogP contribution is -2.05. The number of aromatic carboxylic acids is 1. The number of hydrogen-bond donors (Lipinski definition) is 2. The molecule has 2 aromatic rings. The summed E-state index contributed by atoms with van der Waals surface area (Å²) < 4.78 is 13.4. The molecule has 0 radical (unpaired) electrons. The molecule has 0 saturated carbocycles. The summed E-state index contributed by atoms with van der Waals surface area (Å²) in [6.45, 7) is 0.262. The average Bonchev–Trinajstić information content (AvgIpc) is 2.45. The molecule has 100 valence electrons. The van der Waals surface area contributed by atoms with Gasteiger partial charge in [-0.15, -0.1) is 0 Å². The van der Waals surface area contributed by atoms with Gasteiger partial charge in [0.2, 0.25) is 0 Å². The molecular formula is C14H10FN3O2. The Morgan fingerprint density at radius 3 is 2.80 bits per heavy atom. The Hall–Kier alpha value is -2.94. The van der Waals surface area contributed by atoms with E-state index in [9.17, 15) is 9.18 Å². The van der Waals surface area contributed by atoms with E-state index in [1.54, 1.807) is 18.2 Å². The number of aromatic nitrogens is 1. The summed E-state index contributed by atoms with van der Waals surface area (Å²) in [5, 5.41) is 20.5. The minimum atomic E-state index is -1.05. The number of hydrogen-bond acceptors (Lipinski definition) is 4. The van der Waals surface area contributed by atoms with E-state index in [2.05, 4.69) is 10.3 Å². The second-order valence-electron chi connectivity index (χ2n) is 3.97. The summed E-state index contributed by atoms with van der Waals surface area (Å²) in [5.41, 5.74) is 0.992. The third kappa shape index (κ3) is 2.90. The van der Waals surface area contributed by atoms with Crippen LogP contribution in [0.15, 0.2) is 36.5 Å². The maximum Gasteiger partial charge on any atom is 0.337 e. The molecule has 0 atom stereocenters. The maximum absolute atomic E-state index is 13.4. The molecule has 20 heavy (non-hydrogen) atoms. The number of rotatable bonds is 4. The van der Waals surface area contributed by atoms with Gasteiger partial charge in [-0.1, -0.05) is 6.07 Å². The van der Waals surface area contributed by atoms with Crippen molar-refractivity contribution >= 4 is 11.7 Å². The van der Waals surface area contributed by atoms with Crippen LogP contribution in [0.3, 0.4) is 0 Å². The van der Waals surface area contributed by atoms with E-state index < -0.39 is 11.8 Å². The van der Waals surface area contributed by atoms with Crippen LogP contribution in [-0.4, -0.2) is 16.1 Å². The summed E-state index contributed by atoms with van der Waals surface area (Å²) >= 11 is 0. The Kier molecular flexibility index (Phi) is 3.91. The number of pyridine rings is 1. The zero-order valence-corrected chi connectivity index (χ0v) is 10.3. The predicted molar refractivity (Wildman–Crippen MR) is 69.6 cm³/mol. The lowest BCUT2D eigenvalue weighted by atomic mass is 10.2. The average molecular weight is 271 g/mol. The van der Waals surface area contributed by atoms with Gasteiger partial charge in [0.25, 0.3) is 0 Å². The molecular weight excluding hydrogens is 261 g/mol. The number of carboxylic acid groups (broad SMARTS) is 1. The predicted octanol–water partition coefficient (Wildman–Crippen LogP) is 2.40. The number of carboxylic acids is 1. The van der Waals surface area contributed by atoms with E-state index in [1.165, 1.54) is 24.4 Å². The fourth-order valence-corrected chi connectivity index (χ4v) is 1.63. The molecule has 0 aliphatic heterocycles. The molecule has 0 amide bonds. The Morgan fingerprint density at radius 1 is 1.40 bits per heavy atom. The number of benzene rings is 1. The van der Waals surface area contributed by atoms with Crippen molar-refractivity contribution in [1.29, 1.82) is 5.26 Å². The molecule has 0 spiro atoms. The van der Waals surface area contributed by atoms with E-state index in [0.717, 1.165) is 0 Å². The van der Waals surface area contributed by atoms with Crippen molar-refractivity contribution in [1.82, 2.24) is 4.98 Å². The highest BCUT2D eigenvalue weighted by atomic mass is 19.1. The monoisotopic (exact) mass is 271 g/mol.